The molecule has 1 atom stereocenters. The molecule has 1 fully saturated rings. The lowest BCUT2D eigenvalue weighted by molar-refractivity contribution is -0.165. The first-order valence-electron chi connectivity index (χ1n) is 9.51. The minimum Gasteiger partial charge on any atom is -0.503 e. The summed E-state index contributed by atoms with van der Waals surface area (Å²) in [6, 6.07) is 1.53. The van der Waals surface area contributed by atoms with Crippen LogP contribution in [0.1, 0.15) is 31.2 Å². The van der Waals surface area contributed by atoms with E-state index in [9.17, 15) is 9.90 Å². The first kappa shape index (κ1) is 19.8. The fourth-order valence-corrected chi connectivity index (χ4v) is 5.23. The highest BCUT2D eigenvalue weighted by molar-refractivity contribution is 9.10. The van der Waals surface area contributed by atoms with Crippen molar-refractivity contribution in [3.8, 4) is 11.5 Å². The van der Waals surface area contributed by atoms with Crippen LogP contribution in [-0.4, -0.2) is 63.0 Å². The van der Waals surface area contributed by atoms with Crippen LogP contribution in [-0.2, 0) is 20.7 Å². The van der Waals surface area contributed by atoms with Gasteiger partial charge in [-0.2, -0.15) is 0 Å². The maximum absolute atomic E-state index is 11.8. The second-order valence-corrected chi connectivity index (χ2v) is 8.33. The zero-order valence-corrected chi connectivity index (χ0v) is 17.5. The molecular weight excluding hydrogens is 425 g/mol. The van der Waals surface area contributed by atoms with Crippen LogP contribution in [0.3, 0.4) is 0 Å². The minimum absolute atomic E-state index is 0.0183. The van der Waals surface area contributed by atoms with Crippen molar-refractivity contribution in [2.75, 3.05) is 26.9 Å². The first-order chi connectivity index (χ1) is 13.5. The Kier molecular flexibility index (Phi) is 5.46. The minimum atomic E-state index is -0.481. The van der Waals surface area contributed by atoms with E-state index >= 15 is 0 Å². The second kappa shape index (κ2) is 7.73. The average Bonchev–Trinajstić information content (AvgIpc) is 3.15. The van der Waals surface area contributed by atoms with Gasteiger partial charge in [0.25, 0.3) is 0 Å². The Morgan fingerprint density at radius 2 is 2.18 bits per heavy atom. The normalized spacial score (nSPS) is 23.8. The smallest absolute Gasteiger partial charge is 0.210 e. The number of carbonyl (C=O) groups excluding carboxylic acids is 1. The van der Waals surface area contributed by atoms with E-state index in [1.54, 1.807) is 6.07 Å². The molecule has 3 aliphatic rings. The van der Waals surface area contributed by atoms with Crippen LogP contribution in [0.25, 0.3) is 0 Å². The number of phenols is 1. The van der Waals surface area contributed by atoms with E-state index < -0.39 is 5.79 Å². The van der Waals surface area contributed by atoms with Gasteiger partial charge in [0.2, 0.25) is 6.41 Å². The summed E-state index contributed by atoms with van der Waals surface area (Å²) in [5, 5.41) is 10.4. The van der Waals surface area contributed by atoms with Crippen molar-refractivity contribution < 1.29 is 24.1 Å². The van der Waals surface area contributed by atoms with Crippen molar-refractivity contribution in [1.82, 2.24) is 4.90 Å². The van der Waals surface area contributed by atoms with Crippen LogP contribution < -0.4 is 10.2 Å². The molecule has 8 heteroatoms. The Hall–Kier alpha value is -1.51. The number of benzene rings is 1. The van der Waals surface area contributed by atoms with Gasteiger partial charge < -0.3 is 24.2 Å². The van der Waals surface area contributed by atoms with Gasteiger partial charge in [-0.05, 0) is 52.4 Å². The van der Waals surface area contributed by atoms with E-state index in [1.165, 1.54) is 18.3 Å². The summed E-state index contributed by atoms with van der Waals surface area (Å²) in [4.78, 5) is 13.6. The van der Waals surface area contributed by atoms with Crippen molar-refractivity contribution in [3.63, 3.8) is 0 Å². The van der Waals surface area contributed by atoms with Gasteiger partial charge in [0.15, 0.2) is 17.3 Å². The molecule has 1 amide bonds. The molecule has 1 N–H and O–H groups in total. The predicted molar refractivity (Wildman–Crippen MR) is 108 cm³/mol. The van der Waals surface area contributed by atoms with Crippen molar-refractivity contribution in [2.45, 2.75) is 43.9 Å². The lowest BCUT2D eigenvalue weighted by Gasteiger charge is -2.43. The van der Waals surface area contributed by atoms with Crippen LogP contribution in [0, 0.1) is 0 Å². The molecule has 1 spiro atoms. The summed E-state index contributed by atoms with van der Waals surface area (Å²) >= 11 is 3.46. The largest absolute Gasteiger partial charge is 0.503 e. The molecule has 1 unspecified atom stereocenters. The molecule has 0 saturated carbocycles. The van der Waals surface area contributed by atoms with Crippen molar-refractivity contribution >= 4 is 35.6 Å². The summed E-state index contributed by atoms with van der Waals surface area (Å²) in [6.45, 7) is 1.94. The monoisotopic (exact) mass is 447 g/mol. The van der Waals surface area contributed by atoms with Gasteiger partial charge in [0.05, 0.1) is 30.8 Å². The number of carbonyl (C=O) groups is 1. The number of amides is 1. The van der Waals surface area contributed by atoms with Gasteiger partial charge in [-0.15, -0.1) is 0 Å². The highest BCUT2D eigenvalue weighted by Gasteiger charge is 2.44. The van der Waals surface area contributed by atoms with Crippen molar-refractivity contribution in [2.24, 2.45) is 0 Å². The van der Waals surface area contributed by atoms with E-state index in [4.69, 9.17) is 22.1 Å². The third-order valence-corrected chi connectivity index (χ3v) is 6.95. The molecule has 1 saturated heterocycles. The van der Waals surface area contributed by atoms with E-state index in [0.717, 1.165) is 37.7 Å². The van der Waals surface area contributed by atoms with Crippen molar-refractivity contribution in [3.05, 3.63) is 27.2 Å². The van der Waals surface area contributed by atoms with Crippen LogP contribution in [0.2, 0.25) is 0 Å². The SMILES string of the molecule is [B]c1cc(OC)c(O)c(Br)c1CC1C2=C(CCN1C=O)CC1(CC2)OCCO1. The number of ether oxygens (including phenoxy) is 3. The van der Waals surface area contributed by atoms with Gasteiger partial charge >= 0.3 is 0 Å². The summed E-state index contributed by atoms with van der Waals surface area (Å²) in [7, 11) is 7.73. The topological polar surface area (TPSA) is 68.2 Å². The number of nitrogens with zero attached hydrogens (tertiary/aromatic N) is 1. The van der Waals surface area contributed by atoms with Gasteiger partial charge in [-0.25, -0.2) is 0 Å². The fourth-order valence-electron chi connectivity index (χ4n) is 4.64. The third-order valence-electron chi connectivity index (χ3n) is 6.09. The summed E-state index contributed by atoms with van der Waals surface area (Å²) in [6.07, 6.45) is 4.65. The molecule has 1 aliphatic carbocycles. The molecule has 2 aliphatic heterocycles. The number of aromatic hydroxyl groups is 1. The van der Waals surface area contributed by atoms with Crippen LogP contribution >= 0.6 is 15.9 Å². The zero-order valence-electron chi connectivity index (χ0n) is 15.9. The van der Waals surface area contributed by atoms with Crippen LogP contribution in [0.5, 0.6) is 11.5 Å². The maximum atomic E-state index is 11.8. The zero-order chi connectivity index (χ0) is 19.9. The molecule has 2 radical (unpaired) electrons. The average molecular weight is 448 g/mol. The molecular formula is C20H23BBrNO5. The summed E-state index contributed by atoms with van der Waals surface area (Å²) in [5.41, 5.74) is 3.89. The lowest BCUT2D eigenvalue weighted by atomic mass is 9.77. The molecule has 0 bridgehead atoms. The first-order valence-corrected chi connectivity index (χ1v) is 10.3. The molecule has 1 aromatic rings. The maximum Gasteiger partial charge on any atom is 0.210 e. The number of hydrogen-bond donors (Lipinski definition) is 1. The Balaban J connectivity index is 1.67. The predicted octanol–water partition coefficient (Wildman–Crippen LogP) is 1.95. The van der Waals surface area contributed by atoms with Gasteiger partial charge in [-0.1, -0.05) is 11.0 Å². The number of rotatable bonds is 4. The Bertz CT molecular complexity index is 821. The third kappa shape index (κ3) is 3.35. The van der Waals surface area contributed by atoms with E-state index in [2.05, 4.69) is 15.9 Å². The molecule has 4 rings (SSSR count). The van der Waals surface area contributed by atoms with Crippen LogP contribution in [0.4, 0.5) is 0 Å². The standard InChI is InChI=1S/C20H23BBrNO5/c1-26-17-9-15(21)14(18(22)19(17)25)8-16-13-2-4-20(27-6-7-28-20)10-12(13)3-5-23(16)11-24/h9,11,16,25H,2-8,10H2,1H3. The summed E-state index contributed by atoms with van der Waals surface area (Å²) in [5.74, 6) is -0.145. The summed E-state index contributed by atoms with van der Waals surface area (Å²) < 4.78 is 17.5. The Morgan fingerprint density at radius 1 is 1.43 bits per heavy atom. The second-order valence-electron chi connectivity index (χ2n) is 7.54. The van der Waals surface area contributed by atoms with E-state index in [0.29, 0.717) is 41.9 Å². The van der Waals surface area contributed by atoms with Gasteiger partial charge in [0.1, 0.15) is 7.85 Å². The van der Waals surface area contributed by atoms with Gasteiger partial charge in [-0.3, -0.25) is 4.79 Å². The highest BCUT2D eigenvalue weighted by atomic mass is 79.9. The number of hydrogen-bond acceptors (Lipinski definition) is 5. The number of halogens is 1. The molecule has 2 heterocycles. The van der Waals surface area contributed by atoms with E-state index in [1.807, 2.05) is 4.90 Å². The quantitative estimate of drug-likeness (QED) is 0.434. The fraction of sp³-hybridized carbons (Fsp3) is 0.550. The molecule has 1 aromatic carbocycles. The highest BCUT2D eigenvalue weighted by Crippen LogP contribution is 2.44. The Morgan fingerprint density at radius 3 is 2.86 bits per heavy atom. The number of phenolic OH excluding ortho intramolecular Hbond substituents is 1. The van der Waals surface area contributed by atoms with Crippen molar-refractivity contribution in [1.29, 1.82) is 0 Å². The lowest BCUT2D eigenvalue weighted by Crippen LogP contribution is -2.46. The molecule has 0 aromatic heterocycles. The number of methoxy groups -OCH3 is 1. The molecule has 28 heavy (non-hydrogen) atoms. The van der Waals surface area contributed by atoms with Crippen LogP contribution in [0.15, 0.2) is 21.7 Å². The Labute approximate surface area is 174 Å². The van der Waals surface area contributed by atoms with Gasteiger partial charge in [0, 0.05) is 19.4 Å². The molecule has 6 nitrogen and oxygen atoms in total. The molecule has 148 valence electrons. The van der Waals surface area contributed by atoms with E-state index in [-0.39, 0.29) is 11.8 Å².